The number of nitrogens with zero attached hydrogens (tertiary/aromatic N) is 2. The van der Waals surface area contributed by atoms with E-state index in [1.165, 1.54) is 18.7 Å². The van der Waals surface area contributed by atoms with Crippen molar-refractivity contribution >= 4 is 40.5 Å². The zero-order valence-corrected chi connectivity index (χ0v) is 12.3. The maximum Gasteiger partial charge on any atom is 0.286 e. The molecule has 0 bridgehead atoms. The van der Waals surface area contributed by atoms with Gasteiger partial charge in [-0.15, -0.1) is 0 Å². The summed E-state index contributed by atoms with van der Waals surface area (Å²) in [5.41, 5.74) is 2.01. The van der Waals surface area contributed by atoms with Crippen molar-refractivity contribution in [3.05, 3.63) is 34.7 Å². The summed E-state index contributed by atoms with van der Waals surface area (Å²) in [6.45, 7) is 1.38. The summed E-state index contributed by atoms with van der Waals surface area (Å²) >= 11 is 1.17. The van der Waals surface area contributed by atoms with Gasteiger partial charge in [-0.3, -0.25) is 9.59 Å². The van der Waals surface area contributed by atoms with E-state index < -0.39 is 0 Å². The van der Waals surface area contributed by atoms with Crippen LogP contribution in [0, 0.1) is 0 Å². The molecule has 1 aromatic carbocycles. The number of amidine groups is 1. The molecule has 1 N–H and O–H groups in total. The first kappa shape index (κ1) is 14.3. The van der Waals surface area contributed by atoms with E-state index in [1.54, 1.807) is 6.08 Å². The van der Waals surface area contributed by atoms with E-state index in [9.17, 15) is 9.59 Å². The van der Waals surface area contributed by atoms with Crippen LogP contribution < -0.4 is 10.2 Å². The smallest absolute Gasteiger partial charge is 0.286 e. The highest BCUT2D eigenvalue weighted by Gasteiger charge is 2.22. The Morgan fingerprint density at radius 2 is 1.95 bits per heavy atom. The standard InChI is InChI=1S/C14H15N3O2S/c1-9(18)15-14-16-13(19)12(20-14)8-10-4-6-11(7-5-10)17(2)3/h4-8H,1-3H3,(H,15,16,18,19)/b12-8-. The van der Waals surface area contributed by atoms with Gasteiger partial charge < -0.3 is 10.2 Å². The Kier molecular flexibility index (Phi) is 4.24. The van der Waals surface area contributed by atoms with Gasteiger partial charge in [0.1, 0.15) is 0 Å². The lowest BCUT2D eigenvalue weighted by Crippen LogP contribution is -2.23. The second-order valence-electron chi connectivity index (χ2n) is 4.50. The Morgan fingerprint density at radius 3 is 2.50 bits per heavy atom. The fourth-order valence-corrected chi connectivity index (χ4v) is 2.49. The molecule has 5 nitrogen and oxygen atoms in total. The Balaban J connectivity index is 2.13. The second-order valence-corrected chi connectivity index (χ2v) is 5.53. The number of amides is 2. The summed E-state index contributed by atoms with van der Waals surface area (Å²) in [4.78, 5) is 28.9. The minimum atomic E-state index is -0.324. The van der Waals surface area contributed by atoms with Gasteiger partial charge in [-0.1, -0.05) is 12.1 Å². The number of carbonyl (C=O) groups excluding carboxylic acids is 2. The summed E-state index contributed by atoms with van der Waals surface area (Å²) in [5, 5.41) is 2.85. The van der Waals surface area contributed by atoms with Gasteiger partial charge in [0, 0.05) is 26.7 Å². The van der Waals surface area contributed by atoms with Crippen molar-refractivity contribution in [1.82, 2.24) is 5.32 Å². The average molecular weight is 289 g/mol. The molecule has 6 heteroatoms. The van der Waals surface area contributed by atoms with Crippen LogP contribution in [-0.4, -0.2) is 31.1 Å². The van der Waals surface area contributed by atoms with Gasteiger partial charge in [0.2, 0.25) is 5.91 Å². The molecule has 1 aliphatic rings. The Bertz CT molecular complexity index is 603. The molecule has 2 amide bonds. The van der Waals surface area contributed by atoms with Crippen LogP contribution in [0.5, 0.6) is 0 Å². The zero-order chi connectivity index (χ0) is 14.7. The van der Waals surface area contributed by atoms with E-state index in [1.807, 2.05) is 43.3 Å². The maximum absolute atomic E-state index is 11.7. The third kappa shape index (κ3) is 3.48. The summed E-state index contributed by atoms with van der Waals surface area (Å²) in [5.74, 6) is -0.559. The molecular weight excluding hydrogens is 274 g/mol. The van der Waals surface area contributed by atoms with Crippen molar-refractivity contribution in [2.75, 3.05) is 19.0 Å². The van der Waals surface area contributed by atoms with Crippen LogP contribution in [-0.2, 0) is 9.59 Å². The van der Waals surface area contributed by atoms with Crippen LogP contribution >= 0.6 is 11.8 Å². The number of hydrogen-bond donors (Lipinski definition) is 1. The fourth-order valence-electron chi connectivity index (χ4n) is 1.63. The monoisotopic (exact) mass is 289 g/mol. The predicted molar refractivity (Wildman–Crippen MR) is 82.6 cm³/mol. The van der Waals surface area contributed by atoms with E-state index in [-0.39, 0.29) is 11.8 Å². The number of rotatable bonds is 2. The number of thioether (sulfide) groups is 1. The van der Waals surface area contributed by atoms with Gasteiger partial charge in [-0.25, -0.2) is 0 Å². The van der Waals surface area contributed by atoms with Gasteiger partial charge in [0.25, 0.3) is 5.91 Å². The predicted octanol–water partition coefficient (Wildman–Crippen LogP) is 1.86. The normalized spacial score (nSPS) is 16.2. The zero-order valence-electron chi connectivity index (χ0n) is 11.5. The molecule has 0 aromatic heterocycles. The van der Waals surface area contributed by atoms with E-state index >= 15 is 0 Å². The van der Waals surface area contributed by atoms with Crippen molar-refractivity contribution in [2.24, 2.45) is 4.99 Å². The number of anilines is 1. The van der Waals surface area contributed by atoms with Gasteiger partial charge in [0.15, 0.2) is 5.17 Å². The van der Waals surface area contributed by atoms with Gasteiger partial charge >= 0.3 is 0 Å². The number of nitrogens with one attached hydrogen (secondary N) is 1. The van der Waals surface area contributed by atoms with Crippen LogP contribution in [0.1, 0.15) is 12.5 Å². The van der Waals surface area contributed by atoms with E-state index in [4.69, 9.17) is 0 Å². The first-order valence-corrected chi connectivity index (χ1v) is 6.85. The minimum Gasteiger partial charge on any atom is -0.378 e. The number of benzene rings is 1. The highest BCUT2D eigenvalue weighted by atomic mass is 32.2. The van der Waals surface area contributed by atoms with Crippen LogP contribution in [0.4, 0.5) is 5.69 Å². The largest absolute Gasteiger partial charge is 0.378 e. The molecule has 0 atom stereocenters. The average Bonchev–Trinajstić information content (AvgIpc) is 2.69. The Morgan fingerprint density at radius 1 is 1.30 bits per heavy atom. The number of aliphatic imine (C=N–C) groups is 1. The Hall–Kier alpha value is -2.08. The molecule has 0 spiro atoms. The molecule has 0 saturated carbocycles. The fraction of sp³-hybridized carbons (Fsp3) is 0.214. The molecular formula is C14H15N3O2S. The number of hydrogen-bond acceptors (Lipinski definition) is 4. The molecule has 1 heterocycles. The summed E-state index contributed by atoms with van der Waals surface area (Å²) in [6, 6.07) is 7.83. The molecule has 104 valence electrons. The van der Waals surface area contributed by atoms with Crippen LogP contribution in [0.15, 0.2) is 34.2 Å². The van der Waals surface area contributed by atoms with E-state index in [2.05, 4.69) is 10.3 Å². The molecule has 0 saturated heterocycles. The molecule has 1 aliphatic heterocycles. The lowest BCUT2D eigenvalue weighted by molar-refractivity contribution is -0.117. The summed E-state index contributed by atoms with van der Waals surface area (Å²) < 4.78 is 0. The first-order chi connectivity index (χ1) is 9.45. The van der Waals surface area contributed by atoms with Crippen LogP contribution in [0.3, 0.4) is 0 Å². The van der Waals surface area contributed by atoms with E-state index in [0.29, 0.717) is 10.1 Å². The molecule has 0 aliphatic carbocycles. The Labute approximate surface area is 121 Å². The van der Waals surface area contributed by atoms with Crippen molar-refractivity contribution < 1.29 is 9.59 Å². The maximum atomic E-state index is 11.7. The SMILES string of the molecule is CC(=O)NC1=NC(=O)/C(=C/c2ccc(N(C)C)cc2)S1. The third-order valence-electron chi connectivity index (χ3n) is 2.61. The molecule has 0 fully saturated rings. The summed E-state index contributed by atoms with van der Waals surface area (Å²) in [7, 11) is 3.94. The number of carbonyl (C=O) groups is 2. The van der Waals surface area contributed by atoms with Crippen molar-refractivity contribution in [2.45, 2.75) is 6.92 Å². The molecule has 0 radical (unpaired) electrons. The first-order valence-electron chi connectivity index (χ1n) is 6.03. The molecule has 1 aromatic rings. The molecule has 2 rings (SSSR count). The quantitative estimate of drug-likeness (QED) is 0.844. The van der Waals surface area contributed by atoms with Gasteiger partial charge in [0.05, 0.1) is 4.91 Å². The lowest BCUT2D eigenvalue weighted by atomic mass is 10.2. The topological polar surface area (TPSA) is 61.8 Å². The molecule has 20 heavy (non-hydrogen) atoms. The van der Waals surface area contributed by atoms with Crippen LogP contribution in [0.2, 0.25) is 0 Å². The third-order valence-corrected chi connectivity index (χ3v) is 3.51. The second kappa shape index (κ2) is 5.92. The minimum absolute atomic E-state index is 0.236. The van der Waals surface area contributed by atoms with Crippen molar-refractivity contribution in [3.8, 4) is 0 Å². The van der Waals surface area contributed by atoms with Gasteiger partial charge in [-0.05, 0) is 35.5 Å². The summed E-state index contributed by atoms with van der Waals surface area (Å²) in [6.07, 6.45) is 1.77. The van der Waals surface area contributed by atoms with E-state index in [0.717, 1.165) is 11.3 Å². The van der Waals surface area contributed by atoms with Crippen LogP contribution in [0.25, 0.3) is 6.08 Å². The highest BCUT2D eigenvalue weighted by Crippen LogP contribution is 2.27. The lowest BCUT2D eigenvalue weighted by Gasteiger charge is -2.11. The highest BCUT2D eigenvalue weighted by molar-refractivity contribution is 8.18. The van der Waals surface area contributed by atoms with Crippen molar-refractivity contribution in [1.29, 1.82) is 0 Å². The van der Waals surface area contributed by atoms with Gasteiger partial charge in [-0.2, -0.15) is 4.99 Å². The van der Waals surface area contributed by atoms with Crippen molar-refractivity contribution in [3.63, 3.8) is 0 Å². The molecule has 0 unspecified atom stereocenters.